The predicted octanol–water partition coefficient (Wildman–Crippen LogP) is 5.86. The van der Waals surface area contributed by atoms with Crippen molar-refractivity contribution in [2.45, 2.75) is 78.4 Å². The highest BCUT2D eigenvalue weighted by atomic mass is 32.1. The van der Waals surface area contributed by atoms with Crippen LogP contribution in [0.3, 0.4) is 0 Å². The number of aromatic nitrogens is 4. The maximum absolute atomic E-state index is 13.6. The molecule has 1 aromatic carbocycles. The van der Waals surface area contributed by atoms with Crippen LogP contribution >= 0.6 is 11.3 Å². The molecule has 4 aromatic rings. The summed E-state index contributed by atoms with van der Waals surface area (Å²) in [5, 5.41) is 20.9. The number of fused-ring (bicyclic) bond motifs is 2. The summed E-state index contributed by atoms with van der Waals surface area (Å²) in [7, 11) is 0. The van der Waals surface area contributed by atoms with Gasteiger partial charge in [-0.15, -0.1) is 0 Å². The molecule has 1 aliphatic heterocycles. The van der Waals surface area contributed by atoms with Crippen LogP contribution in [-0.2, 0) is 12.8 Å². The summed E-state index contributed by atoms with van der Waals surface area (Å²) in [5.74, 6) is 0.468. The van der Waals surface area contributed by atoms with Gasteiger partial charge in [0.25, 0.3) is 5.91 Å². The molecule has 3 aromatic heterocycles. The molecule has 1 aliphatic carbocycles. The quantitative estimate of drug-likeness (QED) is 0.251. The van der Waals surface area contributed by atoms with Crippen LogP contribution in [0.15, 0.2) is 36.5 Å². The zero-order valence-electron chi connectivity index (χ0n) is 25.1. The van der Waals surface area contributed by atoms with Crippen molar-refractivity contribution < 1.29 is 9.90 Å². The normalized spacial score (nSPS) is 19.1. The van der Waals surface area contributed by atoms with Gasteiger partial charge in [-0.05, 0) is 79.5 Å². The van der Waals surface area contributed by atoms with Crippen LogP contribution in [-0.4, -0.2) is 61.8 Å². The molecular formula is C33H42N6O2S. The van der Waals surface area contributed by atoms with Crippen LogP contribution in [0.2, 0.25) is 0 Å². The molecule has 0 spiro atoms. The molecule has 3 N–H and O–H groups in total. The minimum atomic E-state index is -0.201. The van der Waals surface area contributed by atoms with Crippen molar-refractivity contribution in [1.82, 2.24) is 30.4 Å². The Bertz CT molecular complexity index is 1550. The van der Waals surface area contributed by atoms with Gasteiger partial charge in [-0.2, -0.15) is 5.10 Å². The van der Waals surface area contributed by atoms with Crippen LogP contribution in [0.4, 0.5) is 0 Å². The van der Waals surface area contributed by atoms with Gasteiger partial charge >= 0.3 is 0 Å². The third-order valence-electron chi connectivity index (χ3n) is 9.22. The third kappa shape index (κ3) is 6.28. The first-order valence-corrected chi connectivity index (χ1v) is 16.1. The van der Waals surface area contributed by atoms with Gasteiger partial charge in [0, 0.05) is 36.6 Å². The molecule has 0 bridgehead atoms. The van der Waals surface area contributed by atoms with E-state index in [2.05, 4.69) is 71.5 Å². The molecule has 222 valence electrons. The zero-order chi connectivity index (χ0) is 29.4. The van der Waals surface area contributed by atoms with Crippen molar-refractivity contribution in [2.75, 3.05) is 19.6 Å². The maximum Gasteiger partial charge on any atom is 0.280 e. The van der Waals surface area contributed by atoms with Gasteiger partial charge in [0.15, 0.2) is 5.01 Å². The van der Waals surface area contributed by atoms with Crippen LogP contribution in [0.1, 0.15) is 84.8 Å². The molecule has 9 heteroatoms. The molecule has 1 unspecified atom stereocenters. The molecule has 0 saturated carbocycles. The zero-order valence-corrected chi connectivity index (χ0v) is 25.9. The molecule has 0 radical (unpaired) electrons. The summed E-state index contributed by atoms with van der Waals surface area (Å²) < 4.78 is 0. The number of likely N-dealkylation sites (tertiary alicyclic amines) is 1. The van der Waals surface area contributed by atoms with E-state index >= 15 is 0 Å². The summed E-state index contributed by atoms with van der Waals surface area (Å²) in [6.45, 7) is 11.6. The van der Waals surface area contributed by atoms with Gasteiger partial charge in [0.1, 0.15) is 10.3 Å². The number of aromatic amines is 1. The van der Waals surface area contributed by atoms with E-state index in [-0.39, 0.29) is 23.5 Å². The number of amides is 1. The fourth-order valence-electron chi connectivity index (χ4n) is 6.38. The van der Waals surface area contributed by atoms with Gasteiger partial charge in [0.2, 0.25) is 0 Å². The number of rotatable bonds is 7. The average Bonchev–Trinajstić information content (AvgIpc) is 3.59. The number of aliphatic hydroxyl groups excluding tert-OH is 1. The number of thiazole rings is 1. The first-order chi connectivity index (χ1) is 20.1. The Kier molecular flexibility index (Phi) is 8.18. The monoisotopic (exact) mass is 586 g/mol. The Morgan fingerprint density at radius 2 is 1.93 bits per heavy atom. The second-order valence-corrected chi connectivity index (χ2v) is 14.1. The first-order valence-electron chi connectivity index (χ1n) is 15.2. The molecular weight excluding hydrogens is 544 g/mol. The molecule has 8 nitrogen and oxygen atoms in total. The lowest BCUT2D eigenvalue weighted by atomic mass is 9.71. The van der Waals surface area contributed by atoms with E-state index in [1.807, 2.05) is 13.1 Å². The first kappa shape index (κ1) is 29.0. The third-order valence-corrected chi connectivity index (χ3v) is 10.2. The highest BCUT2D eigenvalue weighted by molar-refractivity contribution is 7.19. The number of carbonyl (C=O) groups excluding carboxylic acids is 1. The van der Waals surface area contributed by atoms with E-state index in [1.54, 1.807) is 0 Å². The highest BCUT2D eigenvalue weighted by Gasteiger charge is 2.30. The number of aryl methyl sites for hydroxylation is 2. The molecule has 6 rings (SSSR count). The van der Waals surface area contributed by atoms with Crippen molar-refractivity contribution >= 4 is 27.6 Å². The molecule has 1 fully saturated rings. The Balaban J connectivity index is 1.21. The number of nitrogens with zero attached hydrogens (tertiary/aromatic N) is 4. The molecule has 1 saturated heterocycles. The van der Waals surface area contributed by atoms with E-state index < -0.39 is 0 Å². The average molecular weight is 587 g/mol. The minimum absolute atomic E-state index is 0.155. The van der Waals surface area contributed by atoms with Crippen LogP contribution in [0, 0.1) is 18.3 Å². The second kappa shape index (κ2) is 11.9. The fourth-order valence-corrected chi connectivity index (χ4v) is 7.23. The number of pyridine rings is 1. The summed E-state index contributed by atoms with van der Waals surface area (Å²) in [5.41, 5.74) is 7.79. The summed E-state index contributed by atoms with van der Waals surface area (Å²) >= 11 is 1.39. The number of aliphatic hydroxyl groups is 1. The Morgan fingerprint density at radius 3 is 2.62 bits per heavy atom. The number of benzene rings is 1. The highest BCUT2D eigenvalue weighted by Crippen LogP contribution is 2.38. The SMILES string of the molecule is Cc1[nH]ncc1-c1ccc(C(CCN2CCC(O)CC2)NC(=O)c2nc3cc4c(nc3s2)CC[C@H](C(C)(C)C)C4)cc1. The minimum Gasteiger partial charge on any atom is -0.393 e. The summed E-state index contributed by atoms with van der Waals surface area (Å²) in [4.78, 5) is 26.6. The van der Waals surface area contributed by atoms with Gasteiger partial charge in [-0.1, -0.05) is 56.4 Å². The van der Waals surface area contributed by atoms with Crippen molar-refractivity contribution in [2.24, 2.45) is 11.3 Å². The lowest BCUT2D eigenvalue weighted by molar-refractivity contribution is 0.0795. The largest absolute Gasteiger partial charge is 0.393 e. The van der Waals surface area contributed by atoms with E-state index in [0.717, 1.165) is 96.6 Å². The van der Waals surface area contributed by atoms with E-state index in [0.29, 0.717) is 10.9 Å². The summed E-state index contributed by atoms with van der Waals surface area (Å²) in [6, 6.07) is 10.4. The van der Waals surface area contributed by atoms with Crippen molar-refractivity contribution in [3.8, 4) is 11.1 Å². The molecule has 42 heavy (non-hydrogen) atoms. The van der Waals surface area contributed by atoms with Crippen molar-refractivity contribution in [3.05, 3.63) is 64.1 Å². The number of carbonyl (C=O) groups is 1. The topological polar surface area (TPSA) is 107 Å². The smallest absolute Gasteiger partial charge is 0.280 e. The number of hydrogen-bond donors (Lipinski definition) is 3. The standard InChI is InChI=1S/C33H42N6O2S/c1-20-26(19-34-38-20)21-5-7-22(8-6-21)28(13-16-39-14-11-25(40)12-15-39)35-30(41)32-37-29-18-23-17-24(33(2,3)4)9-10-27(23)36-31(29)42-32/h5-8,18-19,24-25,28,40H,9-17H2,1-4H3,(H,34,38)(H,35,41)/t24-,28?/m0/s1. The molecule has 1 amide bonds. The Labute approximate surface area is 252 Å². The predicted molar refractivity (Wildman–Crippen MR) is 168 cm³/mol. The van der Waals surface area contributed by atoms with Crippen LogP contribution in [0.25, 0.3) is 21.5 Å². The number of piperidine rings is 1. The fraction of sp³-hybridized carbons (Fsp3) is 0.515. The number of nitrogens with one attached hydrogen (secondary N) is 2. The molecule has 2 atom stereocenters. The summed E-state index contributed by atoms with van der Waals surface area (Å²) in [6.07, 6.45) is 7.17. The lowest BCUT2D eigenvalue weighted by Crippen LogP contribution is -2.38. The number of hydrogen-bond acceptors (Lipinski definition) is 7. The van der Waals surface area contributed by atoms with E-state index in [4.69, 9.17) is 9.97 Å². The Morgan fingerprint density at radius 1 is 1.17 bits per heavy atom. The lowest BCUT2D eigenvalue weighted by Gasteiger charge is -2.34. The maximum atomic E-state index is 13.6. The number of H-pyrrole nitrogens is 1. The van der Waals surface area contributed by atoms with Crippen LogP contribution < -0.4 is 5.32 Å². The van der Waals surface area contributed by atoms with Gasteiger partial charge < -0.3 is 15.3 Å². The van der Waals surface area contributed by atoms with Gasteiger partial charge in [-0.3, -0.25) is 9.89 Å². The molecule has 2 aliphatic rings. The van der Waals surface area contributed by atoms with Crippen molar-refractivity contribution in [1.29, 1.82) is 0 Å². The van der Waals surface area contributed by atoms with Crippen LogP contribution in [0.5, 0.6) is 0 Å². The Hall–Kier alpha value is -3.14. The van der Waals surface area contributed by atoms with Crippen molar-refractivity contribution in [3.63, 3.8) is 0 Å². The van der Waals surface area contributed by atoms with E-state index in [9.17, 15) is 9.90 Å². The molecule has 4 heterocycles. The second-order valence-electron chi connectivity index (χ2n) is 13.2. The van der Waals surface area contributed by atoms with Gasteiger partial charge in [-0.25, -0.2) is 9.97 Å². The van der Waals surface area contributed by atoms with Gasteiger partial charge in [0.05, 0.1) is 18.3 Å². The van der Waals surface area contributed by atoms with E-state index in [1.165, 1.54) is 16.9 Å².